The average Bonchev–Trinajstić information content (AvgIpc) is 3.33. The molecule has 0 bridgehead atoms. The maximum atomic E-state index is 12.3. The van der Waals surface area contributed by atoms with Crippen LogP contribution in [0.4, 0.5) is 5.95 Å². The lowest BCUT2D eigenvalue weighted by Gasteiger charge is -2.31. The highest BCUT2D eigenvalue weighted by Crippen LogP contribution is 2.39. The Morgan fingerprint density at radius 1 is 1.40 bits per heavy atom. The Morgan fingerprint density at radius 3 is 2.60 bits per heavy atom. The molecule has 1 aliphatic heterocycles. The monoisotopic (exact) mass is 346 g/mol. The summed E-state index contributed by atoms with van der Waals surface area (Å²) in [6, 6.07) is 2.27. The van der Waals surface area contributed by atoms with Crippen LogP contribution in [0, 0.1) is 17.2 Å². The van der Waals surface area contributed by atoms with E-state index < -0.39 is 5.54 Å². The Hall–Kier alpha value is -2.14. The third-order valence-electron chi connectivity index (χ3n) is 5.16. The van der Waals surface area contributed by atoms with Gasteiger partial charge < -0.3 is 14.7 Å². The molecule has 1 atom stereocenters. The van der Waals surface area contributed by atoms with Gasteiger partial charge in [0, 0.05) is 20.0 Å². The predicted octanol–water partition coefficient (Wildman–Crippen LogP) is 1.12. The molecule has 25 heavy (non-hydrogen) atoms. The molecule has 0 radical (unpaired) electrons. The first-order valence-electron chi connectivity index (χ1n) is 8.87. The Morgan fingerprint density at radius 2 is 2.08 bits per heavy atom. The molecule has 1 unspecified atom stereocenters. The molecule has 1 amide bonds. The van der Waals surface area contributed by atoms with Crippen molar-refractivity contribution >= 4 is 11.9 Å². The number of nitriles is 1. The maximum Gasteiger partial charge on any atom is 0.265 e. The third kappa shape index (κ3) is 4.10. The predicted molar refractivity (Wildman–Crippen MR) is 91.9 cm³/mol. The van der Waals surface area contributed by atoms with Gasteiger partial charge in [-0.2, -0.15) is 10.2 Å². The van der Waals surface area contributed by atoms with Gasteiger partial charge in [-0.25, -0.2) is 0 Å². The number of piperidine rings is 1. The number of anilines is 1. The van der Waals surface area contributed by atoms with Gasteiger partial charge in [0.15, 0.2) is 0 Å². The second-order valence-electron chi connectivity index (χ2n) is 7.51. The molecule has 1 N–H and O–H groups in total. The number of likely N-dealkylation sites (tertiary alicyclic amines) is 1. The van der Waals surface area contributed by atoms with Gasteiger partial charge >= 0.3 is 0 Å². The summed E-state index contributed by atoms with van der Waals surface area (Å²) in [5.41, 5.74) is -0.720. The van der Waals surface area contributed by atoms with Crippen molar-refractivity contribution in [3.63, 3.8) is 0 Å². The molecule has 0 spiro atoms. The lowest BCUT2D eigenvalue weighted by molar-refractivity contribution is -0.123. The number of nitrogens with one attached hydrogen (secondary N) is 1. The number of carbonyl (C=O) groups excluding carboxylic acids is 1. The molecule has 1 aliphatic carbocycles. The number of aromatic nitrogens is 2. The molecule has 3 rings (SSSR count). The van der Waals surface area contributed by atoms with Gasteiger partial charge in [0.05, 0.1) is 12.6 Å². The molecule has 1 saturated heterocycles. The van der Waals surface area contributed by atoms with Crippen molar-refractivity contribution in [1.82, 2.24) is 20.4 Å². The van der Waals surface area contributed by atoms with Crippen molar-refractivity contribution < 1.29 is 9.32 Å². The van der Waals surface area contributed by atoms with Crippen molar-refractivity contribution in [2.24, 2.45) is 5.92 Å². The molecule has 2 aliphatic rings. The van der Waals surface area contributed by atoms with Gasteiger partial charge in [-0.05, 0) is 56.8 Å². The Bertz CT molecular complexity index is 654. The Labute approximate surface area is 148 Å². The highest BCUT2D eigenvalue weighted by molar-refractivity contribution is 5.79. The molecule has 0 aromatic carbocycles. The van der Waals surface area contributed by atoms with Crippen LogP contribution < -0.4 is 10.2 Å². The zero-order valence-corrected chi connectivity index (χ0v) is 15.2. The summed E-state index contributed by atoms with van der Waals surface area (Å²) in [6.45, 7) is 3.78. The number of amides is 1. The molecule has 8 nitrogen and oxygen atoms in total. The molecule has 1 saturated carbocycles. The van der Waals surface area contributed by atoms with Gasteiger partial charge in [0.25, 0.3) is 5.95 Å². The van der Waals surface area contributed by atoms with Crippen molar-refractivity contribution in [1.29, 1.82) is 5.26 Å². The first-order valence-corrected chi connectivity index (χ1v) is 8.87. The minimum absolute atomic E-state index is 0.0675. The van der Waals surface area contributed by atoms with E-state index in [0.29, 0.717) is 24.3 Å². The summed E-state index contributed by atoms with van der Waals surface area (Å²) in [7, 11) is 3.76. The van der Waals surface area contributed by atoms with E-state index in [9.17, 15) is 10.1 Å². The lowest BCUT2D eigenvalue weighted by atomic mass is 9.96. The van der Waals surface area contributed by atoms with Crippen LogP contribution in [0.3, 0.4) is 0 Å². The minimum Gasteiger partial charge on any atom is -0.344 e. The summed E-state index contributed by atoms with van der Waals surface area (Å²) in [4.78, 5) is 20.7. The first kappa shape index (κ1) is 17.7. The normalized spacial score (nSPS) is 21.4. The van der Waals surface area contributed by atoms with Crippen LogP contribution in [0.15, 0.2) is 4.52 Å². The number of nitrogens with zero attached hydrogens (tertiary/aromatic N) is 5. The van der Waals surface area contributed by atoms with Crippen LogP contribution in [-0.2, 0) is 4.79 Å². The van der Waals surface area contributed by atoms with Gasteiger partial charge in [0.2, 0.25) is 11.8 Å². The van der Waals surface area contributed by atoms with Crippen LogP contribution in [-0.4, -0.2) is 60.2 Å². The summed E-state index contributed by atoms with van der Waals surface area (Å²) >= 11 is 0. The van der Waals surface area contributed by atoms with Crippen molar-refractivity contribution in [3.05, 3.63) is 5.89 Å². The Balaban J connectivity index is 1.47. The van der Waals surface area contributed by atoms with E-state index in [0.717, 1.165) is 38.8 Å². The molecular formula is C17H26N6O2. The van der Waals surface area contributed by atoms with Gasteiger partial charge in [0.1, 0.15) is 5.54 Å². The molecular weight excluding hydrogens is 320 g/mol. The molecule has 8 heteroatoms. The second-order valence-corrected chi connectivity index (χ2v) is 7.51. The maximum absolute atomic E-state index is 12.3. The smallest absolute Gasteiger partial charge is 0.265 e. The molecule has 1 aromatic heterocycles. The molecule has 2 fully saturated rings. The van der Waals surface area contributed by atoms with E-state index in [-0.39, 0.29) is 11.8 Å². The Kier molecular flexibility index (Phi) is 4.95. The van der Waals surface area contributed by atoms with Crippen LogP contribution >= 0.6 is 0 Å². The van der Waals surface area contributed by atoms with Crippen LogP contribution in [0.2, 0.25) is 0 Å². The molecule has 136 valence electrons. The largest absolute Gasteiger partial charge is 0.344 e. The standard InChI is InChI=1S/C17H26N6O2/c1-17(11-18,13-4-5-13)20-14(24)10-23-8-6-12(7-9-23)15-19-16(21-25-15)22(2)3/h12-13H,4-10H2,1-3H3,(H,20,24). The highest BCUT2D eigenvalue weighted by Gasteiger charge is 2.43. The number of carbonyl (C=O) groups is 1. The molecule has 1 aromatic rings. The van der Waals surface area contributed by atoms with Gasteiger partial charge in [-0.1, -0.05) is 0 Å². The van der Waals surface area contributed by atoms with E-state index in [2.05, 4.69) is 26.4 Å². The quantitative estimate of drug-likeness (QED) is 0.824. The second kappa shape index (κ2) is 7.00. The van der Waals surface area contributed by atoms with E-state index in [1.807, 2.05) is 25.9 Å². The lowest BCUT2D eigenvalue weighted by Crippen LogP contribution is -2.51. The average molecular weight is 346 g/mol. The molecule has 2 heterocycles. The van der Waals surface area contributed by atoms with Crippen LogP contribution in [0.5, 0.6) is 0 Å². The fourth-order valence-electron chi connectivity index (χ4n) is 3.33. The number of rotatable bonds is 6. The van der Waals surface area contributed by atoms with E-state index in [1.165, 1.54) is 0 Å². The highest BCUT2D eigenvalue weighted by atomic mass is 16.5. The minimum atomic E-state index is -0.720. The van der Waals surface area contributed by atoms with Gasteiger partial charge in [-0.15, -0.1) is 0 Å². The van der Waals surface area contributed by atoms with E-state index >= 15 is 0 Å². The van der Waals surface area contributed by atoms with E-state index in [1.54, 1.807) is 0 Å². The van der Waals surface area contributed by atoms with Crippen molar-refractivity contribution in [2.45, 2.75) is 44.1 Å². The van der Waals surface area contributed by atoms with E-state index in [4.69, 9.17) is 4.52 Å². The SMILES string of the molecule is CN(C)c1noc(C2CCN(CC(=O)NC(C)(C#N)C3CC3)CC2)n1. The number of hydrogen-bond donors (Lipinski definition) is 1. The summed E-state index contributed by atoms with van der Waals surface area (Å²) in [6.07, 6.45) is 3.82. The topological polar surface area (TPSA) is 98.3 Å². The van der Waals surface area contributed by atoms with Gasteiger partial charge in [-0.3, -0.25) is 9.69 Å². The zero-order chi connectivity index (χ0) is 18.0. The summed E-state index contributed by atoms with van der Waals surface area (Å²) < 4.78 is 5.36. The summed E-state index contributed by atoms with van der Waals surface area (Å²) in [5.74, 6) is 1.75. The van der Waals surface area contributed by atoms with Crippen LogP contribution in [0.1, 0.15) is 44.4 Å². The van der Waals surface area contributed by atoms with Crippen LogP contribution in [0.25, 0.3) is 0 Å². The first-order chi connectivity index (χ1) is 11.9. The van der Waals surface area contributed by atoms with Crippen molar-refractivity contribution in [3.8, 4) is 6.07 Å². The summed E-state index contributed by atoms with van der Waals surface area (Å²) in [5, 5.41) is 16.2. The fourth-order valence-corrected chi connectivity index (χ4v) is 3.33. The van der Waals surface area contributed by atoms with Crippen molar-refractivity contribution in [2.75, 3.05) is 38.6 Å². The fraction of sp³-hybridized carbons (Fsp3) is 0.765. The number of hydrogen-bond acceptors (Lipinski definition) is 7. The third-order valence-corrected chi connectivity index (χ3v) is 5.16. The zero-order valence-electron chi connectivity index (χ0n) is 15.2.